The van der Waals surface area contributed by atoms with Crippen LogP contribution in [0.4, 0.5) is 5.69 Å². The van der Waals surface area contributed by atoms with E-state index in [1.807, 2.05) is 0 Å². The van der Waals surface area contributed by atoms with Gasteiger partial charge >= 0.3 is 5.97 Å². The highest BCUT2D eigenvalue weighted by Crippen LogP contribution is 2.28. The Morgan fingerprint density at radius 3 is 2.52 bits per heavy atom. The van der Waals surface area contributed by atoms with Crippen molar-refractivity contribution in [2.75, 3.05) is 12.3 Å². The Balaban J connectivity index is 1.82. The van der Waals surface area contributed by atoms with Crippen LogP contribution in [0.3, 0.4) is 0 Å². The zero-order chi connectivity index (χ0) is 15.4. The number of anilines is 1. The number of nitrogen functional groups attached to an aromatic ring is 1. The molecule has 0 bridgehead atoms. The molecule has 1 amide bonds. The van der Waals surface area contributed by atoms with Gasteiger partial charge in [0, 0.05) is 12.1 Å². The van der Waals surface area contributed by atoms with Gasteiger partial charge in [-0.25, -0.2) is 0 Å². The first kappa shape index (κ1) is 15.6. The smallest absolute Gasteiger partial charge is 0.306 e. The zero-order valence-corrected chi connectivity index (χ0v) is 12.4. The molecular weight excluding hydrogens is 292 g/mol. The van der Waals surface area contributed by atoms with Crippen LogP contribution in [0.5, 0.6) is 0 Å². The molecule has 0 heterocycles. The summed E-state index contributed by atoms with van der Waals surface area (Å²) >= 11 is 5.89. The van der Waals surface area contributed by atoms with E-state index in [4.69, 9.17) is 22.4 Å². The lowest BCUT2D eigenvalue weighted by Gasteiger charge is -2.26. The summed E-state index contributed by atoms with van der Waals surface area (Å²) in [4.78, 5) is 22.9. The number of benzene rings is 1. The van der Waals surface area contributed by atoms with Crippen molar-refractivity contribution in [3.63, 3.8) is 0 Å². The Hall–Kier alpha value is -1.75. The van der Waals surface area contributed by atoms with Gasteiger partial charge in [0.1, 0.15) is 0 Å². The van der Waals surface area contributed by atoms with E-state index in [0.717, 1.165) is 12.8 Å². The van der Waals surface area contributed by atoms with Crippen molar-refractivity contribution in [1.82, 2.24) is 5.32 Å². The van der Waals surface area contributed by atoms with Gasteiger partial charge in [-0.05, 0) is 49.8 Å². The summed E-state index contributed by atoms with van der Waals surface area (Å²) in [6.07, 6.45) is 3.03. The maximum Gasteiger partial charge on any atom is 0.306 e. The predicted molar refractivity (Wildman–Crippen MR) is 81.3 cm³/mol. The molecule has 0 saturated heterocycles. The predicted octanol–water partition coefficient (Wildman–Crippen LogP) is 2.54. The highest BCUT2D eigenvalue weighted by Gasteiger charge is 2.26. The molecule has 1 aliphatic rings. The summed E-state index contributed by atoms with van der Waals surface area (Å²) < 4.78 is 0. The summed E-state index contributed by atoms with van der Waals surface area (Å²) in [6.45, 7) is 0.563. The van der Waals surface area contributed by atoms with Gasteiger partial charge in [0.2, 0.25) is 0 Å². The summed E-state index contributed by atoms with van der Waals surface area (Å²) in [5.74, 6) is -0.784. The van der Waals surface area contributed by atoms with Crippen molar-refractivity contribution in [2.24, 2.45) is 11.8 Å². The van der Waals surface area contributed by atoms with Crippen molar-refractivity contribution < 1.29 is 14.7 Å². The SMILES string of the molecule is Nc1ccc(C(=O)NCC2CCC(C(=O)O)CC2)cc1Cl. The number of carboxylic acids is 1. The molecule has 2 rings (SSSR count). The molecule has 1 aliphatic carbocycles. The van der Waals surface area contributed by atoms with Crippen LogP contribution in [-0.2, 0) is 4.79 Å². The molecule has 4 N–H and O–H groups in total. The molecule has 0 spiro atoms. The number of hydrogen-bond donors (Lipinski definition) is 3. The highest BCUT2D eigenvalue weighted by atomic mass is 35.5. The second kappa shape index (κ2) is 6.80. The van der Waals surface area contributed by atoms with Gasteiger partial charge in [-0.15, -0.1) is 0 Å². The number of carbonyl (C=O) groups is 2. The summed E-state index contributed by atoms with van der Waals surface area (Å²) in [5.41, 5.74) is 6.53. The van der Waals surface area contributed by atoms with E-state index in [-0.39, 0.29) is 11.8 Å². The van der Waals surface area contributed by atoms with E-state index in [1.165, 1.54) is 0 Å². The van der Waals surface area contributed by atoms with Crippen molar-refractivity contribution in [2.45, 2.75) is 25.7 Å². The molecule has 0 radical (unpaired) electrons. The average Bonchev–Trinajstić information content (AvgIpc) is 2.48. The number of amides is 1. The number of carboxylic acid groups (broad SMARTS) is 1. The highest BCUT2D eigenvalue weighted by molar-refractivity contribution is 6.33. The first-order valence-corrected chi connectivity index (χ1v) is 7.41. The Kier molecular flexibility index (Phi) is 5.07. The third-order valence-electron chi connectivity index (χ3n) is 4.01. The van der Waals surface area contributed by atoms with Gasteiger partial charge in [0.05, 0.1) is 16.6 Å². The van der Waals surface area contributed by atoms with Crippen LogP contribution in [0.25, 0.3) is 0 Å². The number of rotatable bonds is 4. The van der Waals surface area contributed by atoms with E-state index in [2.05, 4.69) is 5.32 Å². The molecule has 114 valence electrons. The fourth-order valence-electron chi connectivity index (χ4n) is 2.62. The minimum Gasteiger partial charge on any atom is -0.481 e. The van der Waals surface area contributed by atoms with Gasteiger partial charge in [0.25, 0.3) is 5.91 Å². The van der Waals surface area contributed by atoms with E-state index in [0.29, 0.717) is 41.6 Å². The molecule has 0 unspecified atom stereocenters. The van der Waals surface area contributed by atoms with Crippen molar-refractivity contribution in [1.29, 1.82) is 0 Å². The van der Waals surface area contributed by atoms with E-state index in [1.54, 1.807) is 18.2 Å². The van der Waals surface area contributed by atoms with E-state index >= 15 is 0 Å². The van der Waals surface area contributed by atoms with Gasteiger partial charge in [0.15, 0.2) is 0 Å². The average molecular weight is 311 g/mol. The molecule has 0 aliphatic heterocycles. The molecule has 1 fully saturated rings. The number of carbonyl (C=O) groups excluding carboxylic acids is 1. The molecule has 5 nitrogen and oxygen atoms in total. The Labute approximate surface area is 128 Å². The zero-order valence-electron chi connectivity index (χ0n) is 11.6. The number of halogens is 1. The molecule has 1 saturated carbocycles. The quantitative estimate of drug-likeness (QED) is 0.745. The second-order valence-electron chi connectivity index (χ2n) is 5.50. The monoisotopic (exact) mass is 310 g/mol. The third-order valence-corrected chi connectivity index (χ3v) is 4.34. The molecular formula is C15H19ClN2O3. The molecule has 0 aromatic heterocycles. The lowest BCUT2D eigenvalue weighted by molar-refractivity contribution is -0.143. The van der Waals surface area contributed by atoms with Gasteiger partial charge < -0.3 is 16.2 Å². The lowest BCUT2D eigenvalue weighted by atomic mass is 9.82. The summed E-state index contributed by atoms with van der Waals surface area (Å²) in [7, 11) is 0. The van der Waals surface area contributed by atoms with Crippen LogP contribution >= 0.6 is 11.6 Å². The normalized spacial score (nSPS) is 21.8. The van der Waals surface area contributed by atoms with E-state index < -0.39 is 5.97 Å². The van der Waals surface area contributed by atoms with E-state index in [9.17, 15) is 9.59 Å². The van der Waals surface area contributed by atoms with Crippen LogP contribution in [0.2, 0.25) is 5.02 Å². The minimum atomic E-state index is -0.714. The van der Waals surface area contributed by atoms with Crippen LogP contribution in [0.1, 0.15) is 36.0 Å². The maximum atomic E-state index is 12.0. The van der Waals surface area contributed by atoms with Gasteiger partial charge in [-0.3, -0.25) is 9.59 Å². The minimum absolute atomic E-state index is 0.183. The Bertz CT molecular complexity index is 540. The second-order valence-corrected chi connectivity index (χ2v) is 5.91. The fourth-order valence-corrected chi connectivity index (χ4v) is 2.80. The van der Waals surface area contributed by atoms with Crippen LogP contribution in [0, 0.1) is 11.8 Å². The topological polar surface area (TPSA) is 92.4 Å². The molecule has 1 aromatic carbocycles. The number of hydrogen-bond acceptors (Lipinski definition) is 3. The standard InChI is InChI=1S/C15H19ClN2O3/c16-12-7-11(5-6-13(12)17)14(19)18-8-9-1-3-10(4-2-9)15(20)21/h5-7,9-10H,1-4,8,17H2,(H,18,19)(H,20,21). The fraction of sp³-hybridized carbons (Fsp3) is 0.467. The maximum absolute atomic E-state index is 12.0. The Morgan fingerprint density at radius 2 is 1.95 bits per heavy atom. The molecule has 0 atom stereocenters. The van der Waals surface area contributed by atoms with Crippen molar-refractivity contribution >= 4 is 29.2 Å². The largest absolute Gasteiger partial charge is 0.481 e. The number of nitrogens with two attached hydrogens (primary N) is 1. The molecule has 1 aromatic rings. The number of aliphatic carboxylic acids is 1. The summed E-state index contributed by atoms with van der Waals surface area (Å²) in [5, 5.41) is 12.2. The third kappa shape index (κ3) is 4.11. The van der Waals surface area contributed by atoms with Crippen molar-refractivity contribution in [3.05, 3.63) is 28.8 Å². The lowest BCUT2D eigenvalue weighted by Crippen LogP contribution is -2.32. The van der Waals surface area contributed by atoms with Gasteiger partial charge in [-0.1, -0.05) is 11.6 Å². The Morgan fingerprint density at radius 1 is 1.29 bits per heavy atom. The first-order valence-electron chi connectivity index (χ1n) is 7.03. The van der Waals surface area contributed by atoms with Crippen LogP contribution in [-0.4, -0.2) is 23.5 Å². The first-order chi connectivity index (χ1) is 9.97. The van der Waals surface area contributed by atoms with Crippen LogP contribution in [0.15, 0.2) is 18.2 Å². The molecule has 21 heavy (non-hydrogen) atoms. The van der Waals surface area contributed by atoms with Gasteiger partial charge in [-0.2, -0.15) is 0 Å². The van der Waals surface area contributed by atoms with Crippen molar-refractivity contribution in [3.8, 4) is 0 Å². The number of nitrogens with one attached hydrogen (secondary N) is 1. The summed E-state index contributed by atoms with van der Waals surface area (Å²) in [6, 6.07) is 4.79. The van der Waals surface area contributed by atoms with Crippen LogP contribution < -0.4 is 11.1 Å². The molecule has 6 heteroatoms.